The first-order valence-corrected chi connectivity index (χ1v) is 14.2. The molecular formula is C29H44ClN9O2. The summed E-state index contributed by atoms with van der Waals surface area (Å²) in [5.74, 6) is -1.29. The van der Waals surface area contributed by atoms with Crippen molar-refractivity contribution in [3.63, 3.8) is 0 Å². The van der Waals surface area contributed by atoms with Crippen LogP contribution < -0.4 is 33.6 Å². The van der Waals surface area contributed by atoms with E-state index in [0.717, 1.165) is 25.7 Å². The number of aromatic nitrogens is 2. The second kappa shape index (κ2) is 18.4. The van der Waals surface area contributed by atoms with Gasteiger partial charge in [-0.25, -0.2) is 9.97 Å². The average Bonchev–Trinajstić information content (AvgIpc) is 2.97. The minimum Gasteiger partial charge on any atom is -0.382 e. The molecule has 2 aromatic carbocycles. The molecule has 11 nitrogen and oxygen atoms in total. The van der Waals surface area contributed by atoms with E-state index in [4.69, 9.17) is 34.5 Å². The number of aliphatic imine (C=N–C) groups is 1. The highest BCUT2D eigenvalue weighted by atomic mass is 35.5. The number of guanidine groups is 1. The van der Waals surface area contributed by atoms with E-state index in [-0.39, 0.29) is 40.4 Å². The molecule has 0 spiro atoms. The summed E-state index contributed by atoms with van der Waals surface area (Å²) in [7, 11) is 1.74. The SMILES string of the molecule is CC.CC.CNC(CCc1ccc(CCCCN=C(N)NC(=O)c2nc(Cl)c(N)nc2N)c2ccccc12)C(N)=O. The van der Waals surface area contributed by atoms with E-state index in [2.05, 4.69) is 49.9 Å². The minimum atomic E-state index is -0.670. The third kappa shape index (κ3) is 10.5. The van der Waals surface area contributed by atoms with Crippen LogP contribution in [0.3, 0.4) is 0 Å². The zero-order chi connectivity index (χ0) is 30.9. The lowest BCUT2D eigenvalue weighted by molar-refractivity contribution is -0.120. The van der Waals surface area contributed by atoms with Crippen molar-refractivity contribution in [1.29, 1.82) is 0 Å². The number of hydrogen-bond acceptors (Lipinski definition) is 8. The molecule has 1 atom stereocenters. The van der Waals surface area contributed by atoms with E-state index < -0.39 is 5.91 Å². The van der Waals surface area contributed by atoms with E-state index in [9.17, 15) is 9.59 Å². The van der Waals surface area contributed by atoms with Gasteiger partial charge in [0.2, 0.25) is 5.91 Å². The number of nitrogens with one attached hydrogen (secondary N) is 2. The molecular weight excluding hydrogens is 542 g/mol. The first-order chi connectivity index (χ1) is 19.7. The van der Waals surface area contributed by atoms with Crippen LogP contribution >= 0.6 is 11.6 Å². The van der Waals surface area contributed by atoms with Gasteiger partial charge in [-0.3, -0.25) is 19.9 Å². The summed E-state index contributed by atoms with van der Waals surface area (Å²) in [6, 6.07) is 12.2. The Morgan fingerprint density at radius 3 is 2.05 bits per heavy atom. The number of hydrogen-bond donors (Lipinski definition) is 6. The fraction of sp³-hybridized carbons (Fsp3) is 0.414. The molecule has 1 heterocycles. The number of likely N-dealkylation sites (N-methyl/N-ethyl adjacent to an activating group) is 1. The van der Waals surface area contributed by atoms with E-state index in [1.165, 1.54) is 21.9 Å². The molecule has 2 amide bonds. The van der Waals surface area contributed by atoms with Crippen molar-refractivity contribution in [2.24, 2.45) is 16.5 Å². The van der Waals surface area contributed by atoms with Crippen LogP contribution in [0.4, 0.5) is 11.6 Å². The van der Waals surface area contributed by atoms with Crippen molar-refractivity contribution in [3.05, 3.63) is 58.4 Å². The Labute approximate surface area is 247 Å². The van der Waals surface area contributed by atoms with Crippen molar-refractivity contribution < 1.29 is 9.59 Å². The third-order valence-corrected chi connectivity index (χ3v) is 6.27. The molecule has 0 aliphatic rings. The number of nitrogen functional groups attached to an aromatic ring is 2. The van der Waals surface area contributed by atoms with Crippen molar-refractivity contribution in [2.75, 3.05) is 25.1 Å². The summed E-state index contributed by atoms with van der Waals surface area (Å²) >= 11 is 5.81. The van der Waals surface area contributed by atoms with Gasteiger partial charge in [-0.05, 0) is 61.1 Å². The fourth-order valence-corrected chi connectivity index (χ4v) is 4.17. The summed E-state index contributed by atoms with van der Waals surface area (Å²) in [5.41, 5.74) is 24.7. The van der Waals surface area contributed by atoms with Crippen molar-refractivity contribution in [2.45, 2.75) is 65.8 Å². The van der Waals surface area contributed by atoms with E-state index >= 15 is 0 Å². The topological polar surface area (TPSA) is 200 Å². The number of fused-ring (bicyclic) bond motifs is 1. The first-order valence-electron chi connectivity index (χ1n) is 13.9. The molecule has 1 aromatic heterocycles. The Morgan fingerprint density at radius 2 is 1.49 bits per heavy atom. The van der Waals surface area contributed by atoms with Crippen LogP contribution in [0, 0.1) is 0 Å². The number of amides is 2. The number of aryl methyl sites for hydroxylation is 2. The number of carbonyl (C=O) groups is 2. The monoisotopic (exact) mass is 585 g/mol. The Bertz CT molecular complexity index is 1310. The Balaban J connectivity index is 0.00000201. The van der Waals surface area contributed by atoms with E-state index in [0.29, 0.717) is 13.0 Å². The van der Waals surface area contributed by atoms with Gasteiger partial charge in [0.05, 0.1) is 6.04 Å². The number of anilines is 2. The number of halogens is 1. The zero-order valence-corrected chi connectivity index (χ0v) is 25.4. The summed E-state index contributed by atoms with van der Waals surface area (Å²) in [6.45, 7) is 8.43. The number of carbonyl (C=O) groups excluding carboxylic acids is 2. The summed E-state index contributed by atoms with van der Waals surface area (Å²) in [6.07, 6.45) is 3.89. The molecule has 0 saturated heterocycles. The molecule has 0 bridgehead atoms. The second-order valence-electron chi connectivity index (χ2n) is 8.52. The molecule has 0 fully saturated rings. The predicted molar refractivity (Wildman–Crippen MR) is 170 cm³/mol. The van der Waals surface area contributed by atoms with Crippen molar-refractivity contribution in [3.8, 4) is 0 Å². The fourth-order valence-electron chi connectivity index (χ4n) is 4.04. The van der Waals surface area contributed by atoms with Gasteiger partial charge >= 0.3 is 0 Å². The molecule has 12 heteroatoms. The number of benzene rings is 2. The van der Waals surface area contributed by atoms with Crippen LogP contribution in [0.5, 0.6) is 0 Å². The van der Waals surface area contributed by atoms with Gasteiger partial charge in [0, 0.05) is 6.54 Å². The predicted octanol–water partition coefficient (Wildman–Crippen LogP) is 3.57. The summed E-state index contributed by atoms with van der Waals surface area (Å²) in [5, 5.41) is 7.64. The molecule has 41 heavy (non-hydrogen) atoms. The molecule has 10 N–H and O–H groups in total. The van der Waals surface area contributed by atoms with Gasteiger partial charge in [0.15, 0.2) is 28.4 Å². The minimum absolute atomic E-state index is 0.0511. The normalized spacial score (nSPS) is 11.5. The summed E-state index contributed by atoms with van der Waals surface area (Å²) in [4.78, 5) is 35.7. The van der Waals surface area contributed by atoms with E-state index in [1.807, 2.05) is 39.8 Å². The maximum Gasteiger partial charge on any atom is 0.280 e. The van der Waals surface area contributed by atoms with Gasteiger partial charge < -0.3 is 28.3 Å². The lowest BCUT2D eigenvalue weighted by Gasteiger charge is -2.15. The van der Waals surface area contributed by atoms with Gasteiger partial charge in [0.25, 0.3) is 5.91 Å². The van der Waals surface area contributed by atoms with Crippen molar-refractivity contribution in [1.82, 2.24) is 20.6 Å². The van der Waals surface area contributed by atoms with Crippen LogP contribution in [0.25, 0.3) is 10.8 Å². The highest BCUT2D eigenvalue weighted by molar-refractivity contribution is 6.31. The smallest absolute Gasteiger partial charge is 0.280 e. The molecule has 3 aromatic rings. The molecule has 0 saturated carbocycles. The second-order valence-corrected chi connectivity index (χ2v) is 8.88. The first kappa shape index (κ1) is 35.1. The maximum absolute atomic E-state index is 12.3. The Hall–Kier alpha value is -3.96. The van der Waals surface area contributed by atoms with Crippen LogP contribution in [-0.4, -0.2) is 47.4 Å². The summed E-state index contributed by atoms with van der Waals surface area (Å²) < 4.78 is 0. The highest BCUT2D eigenvalue weighted by Gasteiger charge is 2.17. The number of nitrogens with two attached hydrogens (primary N) is 4. The highest BCUT2D eigenvalue weighted by Crippen LogP contribution is 2.25. The van der Waals surface area contributed by atoms with Crippen LogP contribution in [0.2, 0.25) is 5.15 Å². The molecule has 0 radical (unpaired) electrons. The quantitative estimate of drug-likeness (QED) is 0.111. The van der Waals surface area contributed by atoms with Gasteiger partial charge in [0.1, 0.15) is 0 Å². The number of nitrogens with zero attached hydrogens (tertiary/aromatic N) is 3. The molecule has 3 rings (SSSR count). The largest absolute Gasteiger partial charge is 0.382 e. The zero-order valence-electron chi connectivity index (χ0n) is 24.6. The van der Waals surface area contributed by atoms with Gasteiger partial charge in [-0.15, -0.1) is 0 Å². The van der Waals surface area contributed by atoms with Crippen LogP contribution in [0.1, 0.15) is 68.6 Å². The molecule has 0 aliphatic carbocycles. The molecule has 0 aliphatic heterocycles. The third-order valence-electron chi connectivity index (χ3n) is 6.00. The van der Waals surface area contributed by atoms with Crippen LogP contribution in [-0.2, 0) is 17.6 Å². The van der Waals surface area contributed by atoms with Crippen LogP contribution in [0.15, 0.2) is 41.4 Å². The number of rotatable bonds is 11. The number of unbranched alkanes of at least 4 members (excludes halogenated alkanes) is 1. The van der Waals surface area contributed by atoms with Gasteiger partial charge in [-0.1, -0.05) is 75.7 Å². The molecule has 224 valence electrons. The standard InChI is InChI=1S/C25H32ClN9O2.2C2H6/c1-31-18(23(29)36)12-11-15-10-9-14(16-7-2-3-8-17(15)16)6-4-5-13-32-25(30)35-24(37)19-21(27)34-22(28)20(26)33-19;2*1-2/h2-3,7-10,18,31H,4-6,11-13H2,1H3,(H2,29,36)(H4,27,28,34)(H3,30,32,35,37);2*1-2H3. The molecule has 1 unspecified atom stereocenters. The average molecular weight is 586 g/mol. The van der Waals surface area contributed by atoms with Gasteiger partial charge in [-0.2, -0.15) is 0 Å². The van der Waals surface area contributed by atoms with Crippen molar-refractivity contribution >= 4 is 51.8 Å². The lowest BCUT2D eigenvalue weighted by Crippen LogP contribution is -2.39. The lowest BCUT2D eigenvalue weighted by atomic mass is 9.93. The number of primary amides is 1. The van der Waals surface area contributed by atoms with E-state index in [1.54, 1.807) is 7.05 Å². The maximum atomic E-state index is 12.3. The Morgan fingerprint density at radius 1 is 0.902 bits per heavy atom. The Kier molecular flexibility index (Phi) is 15.7.